The molecule has 4 rings (SSSR count). The molecule has 6 heteroatoms. The fourth-order valence-corrected chi connectivity index (χ4v) is 3.31. The average molecular weight is 355 g/mol. The number of fused-ring (bicyclic) bond motifs is 1. The summed E-state index contributed by atoms with van der Waals surface area (Å²) in [5.74, 6) is -0.00268. The number of nitrogens with zero attached hydrogens (tertiary/aromatic N) is 4. The van der Waals surface area contributed by atoms with Gasteiger partial charge in [-0.25, -0.2) is 4.98 Å². The van der Waals surface area contributed by atoms with Gasteiger partial charge < -0.3 is 14.2 Å². The first-order valence-corrected chi connectivity index (χ1v) is 8.73. The van der Waals surface area contributed by atoms with Crippen LogP contribution in [0.15, 0.2) is 48.8 Å². The summed E-state index contributed by atoms with van der Waals surface area (Å²) in [5, 5.41) is 0.736. The number of halogens is 1. The maximum atomic E-state index is 12.8. The Balaban J connectivity index is 1.46. The monoisotopic (exact) mass is 354 g/mol. The molecule has 1 saturated heterocycles. The predicted molar refractivity (Wildman–Crippen MR) is 99.5 cm³/mol. The Morgan fingerprint density at radius 2 is 1.72 bits per heavy atom. The fourth-order valence-electron chi connectivity index (χ4n) is 3.19. The summed E-state index contributed by atoms with van der Waals surface area (Å²) in [7, 11) is 0. The van der Waals surface area contributed by atoms with Gasteiger partial charge in [0.15, 0.2) is 0 Å². The second kappa shape index (κ2) is 6.41. The zero-order valence-electron chi connectivity index (χ0n) is 14.0. The van der Waals surface area contributed by atoms with Gasteiger partial charge >= 0.3 is 0 Å². The highest BCUT2D eigenvalue weighted by atomic mass is 35.5. The van der Waals surface area contributed by atoms with Crippen molar-refractivity contribution in [3.8, 4) is 0 Å². The van der Waals surface area contributed by atoms with Crippen LogP contribution in [-0.4, -0.2) is 46.4 Å². The van der Waals surface area contributed by atoms with Crippen LogP contribution in [0.4, 0.5) is 5.69 Å². The standard InChI is InChI=1S/C19H19ClN4O/c1-14-2-7-18-21-17(13-24(18)12-14)19(25)23-10-8-22(9-11-23)16-5-3-15(20)4-6-16/h2-7,12-13H,8-11H2,1H3. The van der Waals surface area contributed by atoms with Gasteiger partial charge in [-0.2, -0.15) is 0 Å². The van der Waals surface area contributed by atoms with Crippen molar-refractivity contribution in [1.82, 2.24) is 14.3 Å². The van der Waals surface area contributed by atoms with Crippen molar-refractivity contribution in [3.63, 3.8) is 0 Å². The number of carbonyl (C=O) groups is 1. The fraction of sp³-hybridized carbons (Fsp3) is 0.263. The quantitative estimate of drug-likeness (QED) is 0.709. The van der Waals surface area contributed by atoms with Crippen molar-refractivity contribution in [2.24, 2.45) is 0 Å². The summed E-state index contributed by atoms with van der Waals surface area (Å²) in [5.41, 5.74) is 3.58. The van der Waals surface area contributed by atoms with Crippen LogP contribution in [0.2, 0.25) is 5.02 Å². The second-order valence-corrected chi connectivity index (χ2v) is 6.79. The van der Waals surface area contributed by atoms with Crippen LogP contribution in [0.3, 0.4) is 0 Å². The maximum Gasteiger partial charge on any atom is 0.274 e. The van der Waals surface area contributed by atoms with Gasteiger partial charge in [0.1, 0.15) is 11.3 Å². The third kappa shape index (κ3) is 3.20. The summed E-state index contributed by atoms with van der Waals surface area (Å²) in [6.07, 6.45) is 3.80. The molecule has 0 aliphatic carbocycles. The van der Waals surface area contributed by atoms with E-state index in [1.54, 1.807) is 0 Å². The lowest BCUT2D eigenvalue weighted by atomic mass is 10.2. The summed E-state index contributed by atoms with van der Waals surface area (Å²) in [6.45, 7) is 5.01. The molecule has 0 unspecified atom stereocenters. The Kier molecular flexibility index (Phi) is 4.09. The highest BCUT2D eigenvalue weighted by Crippen LogP contribution is 2.20. The molecule has 1 aromatic carbocycles. The first-order valence-electron chi connectivity index (χ1n) is 8.35. The molecule has 128 valence electrons. The molecular weight excluding hydrogens is 336 g/mol. The minimum absolute atomic E-state index is 0.00268. The van der Waals surface area contributed by atoms with Crippen LogP contribution in [0, 0.1) is 6.92 Å². The van der Waals surface area contributed by atoms with Crippen LogP contribution in [0.1, 0.15) is 16.1 Å². The van der Waals surface area contributed by atoms with Crippen molar-refractivity contribution in [3.05, 3.63) is 65.1 Å². The number of rotatable bonds is 2. The Bertz CT molecular complexity index is 911. The van der Waals surface area contributed by atoms with E-state index in [4.69, 9.17) is 11.6 Å². The van der Waals surface area contributed by atoms with E-state index in [1.165, 1.54) is 0 Å². The Morgan fingerprint density at radius 1 is 1.00 bits per heavy atom. The van der Waals surface area contributed by atoms with E-state index >= 15 is 0 Å². The molecule has 1 fully saturated rings. The zero-order chi connectivity index (χ0) is 17.4. The SMILES string of the molecule is Cc1ccc2nc(C(=O)N3CCN(c4ccc(Cl)cc4)CC3)cn2c1. The van der Waals surface area contributed by atoms with Crippen molar-refractivity contribution >= 4 is 28.8 Å². The lowest BCUT2D eigenvalue weighted by Gasteiger charge is -2.35. The molecule has 5 nitrogen and oxygen atoms in total. The zero-order valence-corrected chi connectivity index (χ0v) is 14.8. The number of pyridine rings is 1. The molecule has 0 bridgehead atoms. The van der Waals surface area contributed by atoms with Gasteiger partial charge in [-0.3, -0.25) is 4.79 Å². The largest absolute Gasteiger partial charge is 0.368 e. The molecule has 3 aromatic rings. The van der Waals surface area contributed by atoms with E-state index in [0.717, 1.165) is 35.0 Å². The molecule has 1 aliphatic heterocycles. The molecule has 25 heavy (non-hydrogen) atoms. The molecule has 1 aliphatic rings. The van der Waals surface area contributed by atoms with Gasteiger partial charge in [-0.05, 0) is 42.8 Å². The molecule has 0 spiro atoms. The number of imidazole rings is 1. The Hall–Kier alpha value is -2.53. The third-order valence-corrected chi connectivity index (χ3v) is 4.83. The van der Waals surface area contributed by atoms with Crippen LogP contribution in [-0.2, 0) is 0 Å². The van der Waals surface area contributed by atoms with Crippen molar-refractivity contribution in [2.45, 2.75) is 6.92 Å². The lowest BCUT2D eigenvalue weighted by molar-refractivity contribution is 0.0741. The molecular formula is C19H19ClN4O. The molecule has 2 aromatic heterocycles. The number of hydrogen-bond donors (Lipinski definition) is 0. The number of aryl methyl sites for hydroxylation is 1. The van der Waals surface area contributed by atoms with E-state index in [0.29, 0.717) is 18.8 Å². The van der Waals surface area contributed by atoms with Gasteiger partial charge in [0, 0.05) is 49.3 Å². The molecule has 0 atom stereocenters. The van der Waals surface area contributed by atoms with E-state index < -0.39 is 0 Å². The van der Waals surface area contributed by atoms with Crippen LogP contribution >= 0.6 is 11.6 Å². The third-order valence-electron chi connectivity index (χ3n) is 4.58. The van der Waals surface area contributed by atoms with Gasteiger partial charge in [-0.15, -0.1) is 0 Å². The normalized spacial score (nSPS) is 15.0. The van der Waals surface area contributed by atoms with Gasteiger partial charge in [0.2, 0.25) is 0 Å². The first-order chi connectivity index (χ1) is 12.1. The van der Waals surface area contributed by atoms with Crippen molar-refractivity contribution < 1.29 is 4.79 Å². The molecule has 1 amide bonds. The van der Waals surface area contributed by atoms with Gasteiger partial charge in [0.05, 0.1) is 0 Å². The van der Waals surface area contributed by atoms with Crippen molar-refractivity contribution in [1.29, 1.82) is 0 Å². The first kappa shape index (κ1) is 16.0. The number of piperazine rings is 1. The second-order valence-electron chi connectivity index (χ2n) is 6.35. The summed E-state index contributed by atoms with van der Waals surface area (Å²) < 4.78 is 1.91. The van der Waals surface area contributed by atoms with E-state index in [1.807, 2.05) is 65.0 Å². The molecule has 0 radical (unpaired) electrons. The van der Waals surface area contributed by atoms with Crippen LogP contribution in [0.25, 0.3) is 5.65 Å². The number of benzene rings is 1. The topological polar surface area (TPSA) is 40.9 Å². The predicted octanol–water partition coefficient (Wildman–Crippen LogP) is 3.26. The summed E-state index contributed by atoms with van der Waals surface area (Å²) >= 11 is 5.95. The van der Waals surface area contributed by atoms with E-state index in [2.05, 4.69) is 9.88 Å². The Labute approximate surface area is 151 Å². The van der Waals surface area contributed by atoms with Crippen LogP contribution in [0.5, 0.6) is 0 Å². The smallest absolute Gasteiger partial charge is 0.274 e. The average Bonchev–Trinajstić information content (AvgIpc) is 3.05. The number of hydrogen-bond acceptors (Lipinski definition) is 3. The van der Waals surface area contributed by atoms with Crippen molar-refractivity contribution in [2.75, 3.05) is 31.1 Å². The maximum absolute atomic E-state index is 12.8. The Morgan fingerprint density at radius 3 is 2.44 bits per heavy atom. The lowest BCUT2D eigenvalue weighted by Crippen LogP contribution is -2.48. The number of carbonyl (C=O) groups excluding carboxylic acids is 1. The number of aromatic nitrogens is 2. The highest BCUT2D eigenvalue weighted by molar-refractivity contribution is 6.30. The van der Waals surface area contributed by atoms with E-state index in [9.17, 15) is 4.79 Å². The van der Waals surface area contributed by atoms with Crippen LogP contribution < -0.4 is 4.90 Å². The van der Waals surface area contributed by atoms with Gasteiger partial charge in [-0.1, -0.05) is 17.7 Å². The summed E-state index contributed by atoms with van der Waals surface area (Å²) in [6, 6.07) is 11.8. The van der Waals surface area contributed by atoms with E-state index in [-0.39, 0.29) is 5.91 Å². The molecule has 0 N–H and O–H groups in total. The highest BCUT2D eigenvalue weighted by Gasteiger charge is 2.24. The molecule has 0 saturated carbocycles. The minimum atomic E-state index is -0.00268. The summed E-state index contributed by atoms with van der Waals surface area (Å²) in [4.78, 5) is 21.4. The molecule has 3 heterocycles. The number of anilines is 1. The minimum Gasteiger partial charge on any atom is -0.368 e. The number of amides is 1. The van der Waals surface area contributed by atoms with Gasteiger partial charge in [0.25, 0.3) is 5.91 Å².